The Morgan fingerprint density at radius 2 is 2.31 bits per heavy atom. The van der Waals surface area contributed by atoms with Crippen molar-refractivity contribution >= 4 is 5.82 Å². The van der Waals surface area contributed by atoms with Crippen LogP contribution < -0.4 is 4.90 Å². The Balaban J connectivity index is 1.98. The Bertz CT molecular complexity index is 407. The Kier molecular flexibility index (Phi) is 3.07. The monoisotopic (exact) mass is 217 g/mol. The SMILES string of the molecule is CN(CC1CC(O)C1)c1cccc(C#N)n1. The van der Waals surface area contributed by atoms with Crippen LogP contribution in [0.1, 0.15) is 18.5 Å². The van der Waals surface area contributed by atoms with Crippen molar-refractivity contribution in [3.8, 4) is 6.07 Å². The normalized spacial score (nSPS) is 23.3. The van der Waals surface area contributed by atoms with Gasteiger partial charge in [-0.2, -0.15) is 5.26 Å². The summed E-state index contributed by atoms with van der Waals surface area (Å²) in [6.07, 6.45) is 1.64. The molecule has 4 heteroatoms. The van der Waals surface area contributed by atoms with Crippen molar-refractivity contribution in [2.45, 2.75) is 18.9 Å². The summed E-state index contributed by atoms with van der Waals surface area (Å²) < 4.78 is 0. The maximum absolute atomic E-state index is 9.21. The number of anilines is 1. The van der Waals surface area contributed by atoms with Crippen molar-refractivity contribution in [3.63, 3.8) is 0 Å². The summed E-state index contributed by atoms with van der Waals surface area (Å²) in [5, 5.41) is 18.0. The molecule has 2 rings (SSSR count). The van der Waals surface area contributed by atoms with Crippen LogP contribution >= 0.6 is 0 Å². The molecule has 16 heavy (non-hydrogen) atoms. The Morgan fingerprint density at radius 1 is 1.56 bits per heavy atom. The Morgan fingerprint density at radius 3 is 2.94 bits per heavy atom. The third-order valence-electron chi connectivity index (χ3n) is 2.98. The molecule has 0 bridgehead atoms. The smallest absolute Gasteiger partial charge is 0.142 e. The highest BCUT2D eigenvalue weighted by Gasteiger charge is 2.28. The first-order valence-electron chi connectivity index (χ1n) is 5.45. The second kappa shape index (κ2) is 4.50. The van der Waals surface area contributed by atoms with E-state index >= 15 is 0 Å². The Labute approximate surface area is 95.1 Å². The van der Waals surface area contributed by atoms with Crippen LogP contribution in [0.25, 0.3) is 0 Å². The molecule has 0 spiro atoms. The van der Waals surface area contributed by atoms with Gasteiger partial charge in [-0.1, -0.05) is 6.07 Å². The van der Waals surface area contributed by atoms with Crippen LogP contribution in [0.5, 0.6) is 0 Å². The van der Waals surface area contributed by atoms with E-state index in [1.54, 1.807) is 6.07 Å². The van der Waals surface area contributed by atoms with Gasteiger partial charge in [0.05, 0.1) is 6.10 Å². The number of pyridine rings is 1. The number of aromatic nitrogens is 1. The van der Waals surface area contributed by atoms with Gasteiger partial charge in [0.25, 0.3) is 0 Å². The lowest BCUT2D eigenvalue weighted by molar-refractivity contribution is 0.0464. The minimum absolute atomic E-state index is 0.114. The Hall–Kier alpha value is -1.60. The quantitative estimate of drug-likeness (QED) is 0.825. The van der Waals surface area contributed by atoms with Crippen molar-refractivity contribution in [3.05, 3.63) is 23.9 Å². The molecule has 1 aromatic rings. The van der Waals surface area contributed by atoms with Crippen LogP contribution in [-0.2, 0) is 0 Å². The molecule has 4 nitrogen and oxygen atoms in total. The van der Waals surface area contributed by atoms with Crippen molar-refractivity contribution in [2.75, 3.05) is 18.5 Å². The zero-order valence-corrected chi connectivity index (χ0v) is 9.30. The number of aliphatic hydroxyl groups excluding tert-OH is 1. The molecule has 0 aliphatic heterocycles. The molecule has 0 radical (unpaired) electrons. The standard InChI is InChI=1S/C12H15N3O/c1-15(8-9-5-11(16)6-9)12-4-2-3-10(7-13)14-12/h2-4,9,11,16H,5-6,8H2,1H3. The molecule has 0 atom stereocenters. The van der Waals surface area contributed by atoms with Gasteiger partial charge in [0.2, 0.25) is 0 Å². The second-order valence-corrected chi connectivity index (χ2v) is 4.36. The van der Waals surface area contributed by atoms with Gasteiger partial charge in [-0.15, -0.1) is 0 Å². The summed E-state index contributed by atoms with van der Waals surface area (Å²) in [7, 11) is 1.97. The van der Waals surface area contributed by atoms with Gasteiger partial charge in [0.1, 0.15) is 17.6 Å². The van der Waals surface area contributed by atoms with Gasteiger partial charge < -0.3 is 10.0 Å². The maximum atomic E-state index is 9.21. The molecule has 1 saturated carbocycles. The predicted octanol–water partition coefficient (Wildman–Crippen LogP) is 1.16. The lowest BCUT2D eigenvalue weighted by Gasteiger charge is -2.34. The molecule has 1 heterocycles. The highest BCUT2D eigenvalue weighted by atomic mass is 16.3. The van der Waals surface area contributed by atoms with E-state index in [0.717, 1.165) is 25.2 Å². The number of nitrogens with zero attached hydrogens (tertiary/aromatic N) is 3. The summed E-state index contributed by atoms with van der Waals surface area (Å²) in [6.45, 7) is 0.888. The molecular formula is C12H15N3O. The molecule has 0 unspecified atom stereocenters. The summed E-state index contributed by atoms with van der Waals surface area (Å²) >= 11 is 0. The van der Waals surface area contributed by atoms with Crippen molar-refractivity contribution in [2.24, 2.45) is 5.92 Å². The highest BCUT2D eigenvalue weighted by molar-refractivity contribution is 5.40. The molecule has 1 fully saturated rings. The largest absolute Gasteiger partial charge is 0.393 e. The molecule has 84 valence electrons. The van der Waals surface area contributed by atoms with Gasteiger partial charge in [0, 0.05) is 13.6 Å². The minimum Gasteiger partial charge on any atom is -0.393 e. The number of rotatable bonds is 3. The van der Waals surface area contributed by atoms with Crippen molar-refractivity contribution in [1.82, 2.24) is 4.98 Å². The molecule has 1 aliphatic rings. The molecule has 1 N–H and O–H groups in total. The fourth-order valence-corrected chi connectivity index (χ4v) is 2.03. The van der Waals surface area contributed by atoms with Gasteiger partial charge in [-0.05, 0) is 30.9 Å². The van der Waals surface area contributed by atoms with E-state index in [0.29, 0.717) is 11.6 Å². The lowest BCUT2D eigenvalue weighted by atomic mass is 9.82. The van der Waals surface area contributed by atoms with E-state index in [2.05, 4.69) is 4.98 Å². The average Bonchev–Trinajstić information content (AvgIpc) is 2.27. The number of hydrogen-bond acceptors (Lipinski definition) is 4. The summed E-state index contributed by atoms with van der Waals surface area (Å²) in [5.74, 6) is 1.37. The van der Waals surface area contributed by atoms with Crippen LogP contribution in [0.3, 0.4) is 0 Å². The molecule has 1 aliphatic carbocycles. The first-order chi connectivity index (χ1) is 7.69. The van der Waals surface area contributed by atoms with E-state index in [9.17, 15) is 5.11 Å². The molecular weight excluding hydrogens is 202 g/mol. The van der Waals surface area contributed by atoms with E-state index in [4.69, 9.17) is 5.26 Å². The molecule has 1 aromatic heterocycles. The third kappa shape index (κ3) is 2.31. The zero-order chi connectivity index (χ0) is 11.5. The third-order valence-corrected chi connectivity index (χ3v) is 2.98. The van der Waals surface area contributed by atoms with Crippen molar-refractivity contribution in [1.29, 1.82) is 5.26 Å². The topological polar surface area (TPSA) is 60.1 Å². The van der Waals surface area contributed by atoms with Crippen LogP contribution in [0, 0.1) is 17.2 Å². The number of nitriles is 1. The van der Waals surface area contributed by atoms with Crippen LogP contribution in [0.15, 0.2) is 18.2 Å². The van der Waals surface area contributed by atoms with E-state index < -0.39 is 0 Å². The van der Waals surface area contributed by atoms with Crippen LogP contribution in [0.2, 0.25) is 0 Å². The van der Waals surface area contributed by atoms with Crippen LogP contribution in [0.4, 0.5) is 5.82 Å². The molecule has 0 saturated heterocycles. The highest BCUT2D eigenvalue weighted by Crippen LogP contribution is 2.28. The maximum Gasteiger partial charge on any atom is 0.142 e. The molecule has 0 amide bonds. The van der Waals surface area contributed by atoms with E-state index in [-0.39, 0.29) is 6.10 Å². The van der Waals surface area contributed by atoms with E-state index in [1.807, 2.05) is 30.1 Å². The first-order valence-corrected chi connectivity index (χ1v) is 5.45. The zero-order valence-electron chi connectivity index (χ0n) is 9.30. The average molecular weight is 217 g/mol. The van der Waals surface area contributed by atoms with Crippen LogP contribution in [-0.4, -0.2) is 29.8 Å². The number of aliphatic hydroxyl groups is 1. The van der Waals surface area contributed by atoms with Crippen molar-refractivity contribution < 1.29 is 5.11 Å². The van der Waals surface area contributed by atoms with E-state index in [1.165, 1.54) is 0 Å². The molecule has 0 aromatic carbocycles. The van der Waals surface area contributed by atoms with Gasteiger partial charge in [-0.25, -0.2) is 4.98 Å². The summed E-state index contributed by atoms with van der Waals surface area (Å²) in [5.41, 5.74) is 0.443. The van der Waals surface area contributed by atoms with Gasteiger partial charge in [-0.3, -0.25) is 0 Å². The predicted molar refractivity (Wildman–Crippen MR) is 61.0 cm³/mol. The fraction of sp³-hybridized carbons (Fsp3) is 0.500. The summed E-state index contributed by atoms with van der Waals surface area (Å²) in [4.78, 5) is 6.26. The fourth-order valence-electron chi connectivity index (χ4n) is 2.03. The van der Waals surface area contributed by atoms with Gasteiger partial charge in [0.15, 0.2) is 0 Å². The van der Waals surface area contributed by atoms with Gasteiger partial charge >= 0.3 is 0 Å². The second-order valence-electron chi connectivity index (χ2n) is 4.36. The minimum atomic E-state index is -0.114. The lowest BCUT2D eigenvalue weighted by Crippen LogP contribution is -2.37. The number of hydrogen-bond donors (Lipinski definition) is 1. The first kappa shape index (κ1) is 10.9. The summed E-state index contributed by atoms with van der Waals surface area (Å²) in [6, 6.07) is 7.47.